The molecule has 10 heteroatoms. The van der Waals surface area contributed by atoms with Crippen LogP contribution < -0.4 is 5.32 Å². The average molecular weight is 542 g/mol. The second-order valence-corrected chi connectivity index (χ2v) is 11.1. The molecule has 2 heterocycles. The third-order valence-electron chi connectivity index (χ3n) is 7.94. The first kappa shape index (κ1) is 27.9. The molecule has 4 rings (SSSR count). The van der Waals surface area contributed by atoms with Crippen molar-refractivity contribution in [2.45, 2.75) is 70.1 Å². The maximum atomic E-state index is 13.5. The number of alkyl halides is 3. The van der Waals surface area contributed by atoms with Gasteiger partial charge in [-0.25, -0.2) is 0 Å². The number of carbonyl (C=O) groups excluding carboxylic acids is 1. The molecule has 1 unspecified atom stereocenters. The fourth-order valence-electron chi connectivity index (χ4n) is 5.91. The van der Waals surface area contributed by atoms with Gasteiger partial charge >= 0.3 is 12.1 Å². The lowest BCUT2D eigenvalue weighted by Crippen LogP contribution is -2.51. The Morgan fingerprint density at radius 2 is 1.86 bits per heavy atom. The van der Waals surface area contributed by atoms with Gasteiger partial charge in [-0.05, 0) is 69.2 Å². The number of carboxylic acids is 1. The van der Waals surface area contributed by atoms with Crippen LogP contribution in [0.3, 0.4) is 0 Å². The third-order valence-corrected chi connectivity index (χ3v) is 8.30. The van der Waals surface area contributed by atoms with E-state index in [2.05, 4.69) is 16.3 Å². The van der Waals surface area contributed by atoms with Crippen molar-refractivity contribution in [1.29, 1.82) is 0 Å². The summed E-state index contributed by atoms with van der Waals surface area (Å²) in [4.78, 5) is 29.3. The molecule has 2 N–H and O–H groups in total. The number of aliphatic carboxylic acids is 1. The van der Waals surface area contributed by atoms with E-state index >= 15 is 0 Å². The number of piperidine rings is 1. The summed E-state index contributed by atoms with van der Waals surface area (Å²) in [5.41, 5.74) is -0.554. The van der Waals surface area contributed by atoms with Gasteiger partial charge in [0.25, 0.3) is 0 Å². The number of allylic oxidation sites excluding steroid dienone is 1. The largest absolute Gasteiger partial charge is 0.481 e. The molecule has 1 aliphatic carbocycles. The van der Waals surface area contributed by atoms with Crippen molar-refractivity contribution in [2.75, 3.05) is 32.7 Å². The summed E-state index contributed by atoms with van der Waals surface area (Å²) < 4.78 is 40.6. The van der Waals surface area contributed by atoms with Crippen LogP contribution in [0, 0.1) is 5.41 Å². The number of carboxylic acid groups (broad SMARTS) is 1. The molecule has 0 spiro atoms. The molecular formula is C27H35ClF3N3O3. The highest BCUT2D eigenvalue weighted by molar-refractivity contribution is 6.31. The summed E-state index contributed by atoms with van der Waals surface area (Å²) >= 11 is 6.13. The molecular weight excluding hydrogens is 507 g/mol. The van der Waals surface area contributed by atoms with E-state index in [9.17, 15) is 27.9 Å². The number of amides is 1. The van der Waals surface area contributed by atoms with Gasteiger partial charge < -0.3 is 10.4 Å². The zero-order valence-electron chi connectivity index (χ0n) is 21.0. The van der Waals surface area contributed by atoms with Crippen LogP contribution in [-0.4, -0.2) is 65.5 Å². The van der Waals surface area contributed by atoms with Crippen LogP contribution in [0.1, 0.15) is 62.5 Å². The zero-order valence-corrected chi connectivity index (χ0v) is 21.7. The molecule has 2 fully saturated rings. The van der Waals surface area contributed by atoms with Crippen LogP contribution >= 0.6 is 11.6 Å². The first-order chi connectivity index (χ1) is 17.6. The fourth-order valence-corrected chi connectivity index (χ4v) is 6.14. The minimum Gasteiger partial charge on any atom is -0.481 e. The number of nitrogens with zero attached hydrogens (tertiary/aromatic N) is 2. The molecule has 0 saturated carbocycles. The van der Waals surface area contributed by atoms with Crippen molar-refractivity contribution in [3.05, 3.63) is 46.0 Å². The molecule has 1 atom stereocenters. The lowest BCUT2D eigenvalue weighted by Gasteiger charge is -2.35. The lowest BCUT2D eigenvalue weighted by molar-refractivity contribution is -0.145. The Labute approximate surface area is 220 Å². The van der Waals surface area contributed by atoms with Crippen molar-refractivity contribution in [1.82, 2.24) is 15.1 Å². The normalized spacial score (nSPS) is 24.2. The fraction of sp³-hybridized carbons (Fsp3) is 0.630. The highest BCUT2D eigenvalue weighted by atomic mass is 35.5. The van der Waals surface area contributed by atoms with E-state index in [0.717, 1.165) is 51.4 Å². The predicted molar refractivity (Wildman–Crippen MR) is 135 cm³/mol. The molecule has 204 valence electrons. The highest BCUT2D eigenvalue weighted by Gasteiger charge is 2.47. The minimum absolute atomic E-state index is 0.00533. The van der Waals surface area contributed by atoms with Crippen molar-refractivity contribution < 1.29 is 27.9 Å². The van der Waals surface area contributed by atoms with Gasteiger partial charge in [-0.15, -0.1) is 0 Å². The van der Waals surface area contributed by atoms with Gasteiger partial charge in [-0.1, -0.05) is 29.3 Å². The second-order valence-electron chi connectivity index (χ2n) is 10.7. The van der Waals surface area contributed by atoms with E-state index in [-0.39, 0.29) is 48.5 Å². The Balaban J connectivity index is 1.38. The van der Waals surface area contributed by atoms with E-state index < -0.39 is 23.1 Å². The standard InChI is InChI=1S/C27H35ClF3N3O3/c28-23-8-4-7-22(27(29,30)31)21(23)17-34-14-11-26(18-34,15-24(35)36)25(37)32-20-9-12-33(13-10-20)16-19-5-2-1-3-6-19/h4-5,7-8,20H,1-3,6,9-18H2,(H,32,37)(H,35,36). The molecule has 3 aliphatic rings. The number of likely N-dealkylation sites (tertiary alicyclic amines) is 2. The van der Waals surface area contributed by atoms with Crippen molar-refractivity contribution in [3.63, 3.8) is 0 Å². The Bertz CT molecular complexity index is 1020. The molecule has 0 aromatic heterocycles. The van der Waals surface area contributed by atoms with Crippen LogP contribution in [0.25, 0.3) is 0 Å². The van der Waals surface area contributed by atoms with Gasteiger partial charge in [0.15, 0.2) is 0 Å². The first-order valence-corrected chi connectivity index (χ1v) is 13.4. The molecule has 0 radical (unpaired) electrons. The smallest absolute Gasteiger partial charge is 0.416 e. The number of hydrogen-bond acceptors (Lipinski definition) is 4. The van der Waals surface area contributed by atoms with Gasteiger partial charge in [0.1, 0.15) is 0 Å². The second kappa shape index (κ2) is 11.7. The molecule has 6 nitrogen and oxygen atoms in total. The number of hydrogen-bond donors (Lipinski definition) is 2. The monoisotopic (exact) mass is 541 g/mol. The van der Waals surface area contributed by atoms with E-state index in [1.165, 1.54) is 30.5 Å². The predicted octanol–water partition coefficient (Wildman–Crippen LogP) is 5.11. The Morgan fingerprint density at radius 1 is 1.11 bits per heavy atom. The summed E-state index contributed by atoms with van der Waals surface area (Å²) in [7, 11) is 0. The Kier molecular flexibility index (Phi) is 8.86. The van der Waals surface area contributed by atoms with E-state index in [4.69, 9.17) is 11.6 Å². The average Bonchev–Trinajstić information content (AvgIpc) is 3.24. The SMILES string of the molecule is O=C(O)CC1(C(=O)NC2CCN(CC3=CCCCC3)CC2)CCN(Cc2c(Cl)cccc2C(F)(F)F)C1. The van der Waals surface area contributed by atoms with Gasteiger partial charge in [0.2, 0.25) is 5.91 Å². The summed E-state index contributed by atoms with van der Waals surface area (Å²) in [5, 5.41) is 12.7. The van der Waals surface area contributed by atoms with Gasteiger partial charge in [-0.3, -0.25) is 19.4 Å². The number of carbonyl (C=O) groups is 2. The number of nitrogens with one attached hydrogen (secondary N) is 1. The van der Waals surface area contributed by atoms with E-state index in [0.29, 0.717) is 6.54 Å². The van der Waals surface area contributed by atoms with Crippen LogP contribution in [-0.2, 0) is 22.3 Å². The Hall–Kier alpha value is -2.10. The first-order valence-electron chi connectivity index (χ1n) is 13.1. The lowest BCUT2D eigenvalue weighted by atomic mass is 9.82. The number of rotatable bonds is 8. The summed E-state index contributed by atoms with van der Waals surface area (Å²) in [6.07, 6.45) is 4.09. The van der Waals surface area contributed by atoms with Crippen molar-refractivity contribution in [3.8, 4) is 0 Å². The summed E-state index contributed by atoms with van der Waals surface area (Å²) in [5.74, 6) is -1.41. The number of halogens is 4. The highest BCUT2D eigenvalue weighted by Crippen LogP contribution is 2.39. The van der Waals surface area contributed by atoms with Crippen LogP contribution in [0.15, 0.2) is 29.8 Å². The molecule has 0 bridgehead atoms. The molecule has 1 amide bonds. The molecule has 37 heavy (non-hydrogen) atoms. The molecule has 1 aromatic rings. The van der Waals surface area contributed by atoms with Gasteiger partial charge in [0, 0.05) is 43.8 Å². The third kappa shape index (κ3) is 7.06. The van der Waals surface area contributed by atoms with Crippen molar-refractivity contribution >= 4 is 23.5 Å². The van der Waals surface area contributed by atoms with Crippen LogP contribution in [0.5, 0.6) is 0 Å². The van der Waals surface area contributed by atoms with E-state index in [1.54, 1.807) is 4.90 Å². The summed E-state index contributed by atoms with van der Waals surface area (Å²) in [6, 6.07) is 3.63. The van der Waals surface area contributed by atoms with E-state index in [1.807, 2.05) is 0 Å². The van der Waals surface area contributed by atoms with Gasteiger partial charge in [-0.2, -0.15) is 13.2 Å². The van der Waals surface area contributed by atoms with Crippen LogP contribution in [0.4, 0.5) is 13.2 Å². The van der Waals surface area contributed by atoms with Crippen molar-refractivity contribution in [2.24, 2.45) is 5.41 Å². The summed E-state index contributed by atoms with van der Waals surface area (Å²) in [6.45, 7) is 3.00. The Morgan fingerprint density at radius 3 is 2.51 bits per heavy atom. The quantitative estimate of drug-likeness (QED) is 0.448. The maximum absolute atomic E-state index is 13.5. The topological polar surface area (TPSA) is 72.9 Å². The maximum Gasteiger partial charge on any atom is 0.416 e. The number of benzene rings is 1. The zero-order chi connectivity index (χ0) is 26.6. The molecule has 2 saturated heterocycles. The van der Waals surface area contributed by atoms with Crippen LogP contribution in [0.2, 0.25) is 5.02 Å². The van der Waals surface area contributed by atoms with Gasteiger partial charge in [0.05, 0.1) is 17.4 Å². The molecule has 2 aliphatic heterocycles. The minimum atomic E-state index is -4.56. The molecule has 1 aromatic carbocycles.